The average molecular weight is 251 g/mol. The number of hydrogen-bond donors (Lipinski definition) is 1. The molecule has 0 atom stereocenters. The van der Waals surface area contributed by atoms with Crippen LogP contribution in [-0.4, -0.2) is 34.2 Å². The third-order valence-electron chi connectivity index (χ3n) is 3.52. The Labute approximate surface area is 112 Å². The second-order valence-corrected chi connectivity index (χ2v) is 5.71. The largest absolute Gasteiger partial charge is 0.301 e. The zero-order valence-electron chi connectivity index (χ0n) is 12.4. The molecule has 2 heterocycles. The van der Waals surface area contributed by atoms with E-state index in [4.69, 9.17) is 0 Å². The average Bonchev–Trinajstić information content (AvgIpc) is 2.72. The Morgan fingerprint density at radius 3 is 2.00 bits per heavy atom. The highest BCUT2D eigenvalue weighted by Gasteiger charge is 2.10. The monoisotopic (exact) mass is 251 g/mol. The van der Waals surface area contributed by atoms with Crippen molar-refractivity contribution in [3.8, 4) is 0 Å². The molecule has 2 rings (SSSR count). The van der Waals surface area contributed by atoms with Gasteiger partial charge in [-0.2, -0.15) is 5.10 Å². The number of aromatic nitrogens is 2. The molecule has 3 nitrogen and oxygen atoms in total. The number of likely N-dealkylation sites (tertiary alicyclic amines) is 1. The van der Waals surface area contributed by atoms with Crippen LogP contribution in [0.2, 0.25) is 0 Å². The molecule has 1 N–H and O–H groups in total. The van der Waals surface area contributed by atoms with Crippen LogP contribution in [0.25, 0.3) is 0 Å². The summed E-state index contributed by atoms with van der Waals surface area (Å²) in [5, 5.41) is 6.70. The normalized spacial score (nSPS) is 17.4. The van der Waals surface area contributed by atoms with Crippen LogP contribution >= 0.6 is 0 Å². The predicted molar refractivity (Wildman–Crippen MR) is 77.9 cm³/mol. The molecule has 0 amide bonds. The Morgan fingerprint density at radius 1 is 1.06 bits per heavy atom. The van der Waals surface area contributed by atoms with Crippen molar-refractivity contribution in [2.45, 2.75) is 65.3 Å². The lowest BCUT2D eigenvalue weighted by molar-refractivity contribution is 0.231. The SMILES string of the molecule is CC(C)N1CCCCCC1.CC(C)c1ccn[nH]1. The highest BCUT2D eigenvalue weighted by Crippen LogP contribution is 2.11. The van der Waals surface area contributed by atoms with E-state index >= 15 is 0 Å². The van der Waals surface area contributed by atoms with Gasteiger partial charge in [-0.1, -0.05) is 26.7 Å². The first-order chi connectivity index (χ1) is 8.61. The summed E-state index contributed by atoms with van der Waals surface area (Å²) < 4.78 is 0. The Hall–Kier alpha value is -0.830. The van der Waals surface area contributed by atoms with Gasteiger partial charge in [0.25, 0.3) is 0 Å². The smallest absolute Gasteiger partial charge is 0.0490 e. The fourth-order valence-corrected chi connectivity index (χ4v) is 2.20. The molecule has 0 bridgehead atoms. The van der Waals surface area contributed by atoms with Crippen molar-refractivity contribution in [1.82, 2.24) is 15.1 Å². The molecular weight excluding hydrogens is 222 g/mol. The van der Waals surface area contributed by atoms with Crippen LogP contribution in [-0.2, 0) is 0 Å². The minimum Gasteiger partial charge on any atom is -0.301 e. The topological polar surface area (TPSA) is 31.9 Å². The summed E-state index contributed by atoms with van der Waals surface area (Å²) in [4.78, 5) is 2.59. The summed E-state index contributed by atoms with van der Waals surface area (Å²) in [6.07, 6.45) is 7.50. The van der Waals surface area contributed by atoms with Gasteiger partial charge in [-0.05, 0) is 51.8 Å². The van der Waals surface area contributed by atoms with E-state index in [2.05, 4.69) is 42.8 Å². The lowest BCUT2D eigenvalue weighted by atomic mass is 10.1. The molecule has 3 heteroatoms. The van der Waals surface area contributed by atoms with Gasteiger partial charge in [-0.25, -0.2) is 0 Å². The van der Waals surface area contributed by atoms with Gasteiger partial charge in [0.1, 0.15) is 0 Å². The molecule has 1 aliphatic heterocycles. The fourth-order valence-electron chi connectivity index (χ4n) is 2.20. The molecule has 1 aromatic rings. The lowest BCUT2D eigenvalue weighted by Gasteiger charge is -2.23. The number of rotatable bonds is 2. The summed E-state index contributed by atoms with van der Waals surface area (Å²) in [5.74, 6) is 0.567. The third kappa shape index (κ3) is 5.67. The number of hydrogen-bond acceptors (Lipinski definition) is 2. The van der Waals surface area contributed by atoms with Gasteiger partial charge in [0, 0.05) is 17.9 Å². The molecule has 104 valence electrons. The van der Waals surface area contributed by atoms with Gasteiger partial charge < -0.3 is 4.90 Å². The molecule has 18 heavy (non-hydrogen) atoms. The number of nitrogens with one attached hydrogen (secondary N) is 1. The number of aromatic amines is 1. The first-order valence-corrected chi connectivity index (χ1v) is 7.34. The molecule has 0 saturated carbocycles. The third-order valence-corrected chi connectivity index (χ3v) is 3.52. The summed E-state index contributed by atoms with van der Waals surface area (Å²) in [5.41, 5.74) is 1.20. The summed E-state index contributed by atoms with van der Waals surface area (Å²) in [6.45, 7) is 11.5. The molecule has 0 spiro atoms. The van der Waals surface area contributed by atoms with Gasteiger partial charge in [0.2, 0.25) is 0 Å². The molecule has 0 unspecified atom stereocenters. The van der Waals surface area contributed by atoms with E-state index in [1.54, 1.807) is 6.20 Å². The van der Waals surface area contributed by atoms with Gasteiger partial charge in [0.05, 0.1) is 0 Å². The van der Waals surface area contributed by atoms with Crippen LogP contribution in [0.15, 0.2) is 12.3 Å². The first-order valence-electron chi connectivity index (χ1n) is 7.34. The quantitative estimate of drug-likeness (QED) is 0.867. The van der Waals surface area contributed by atoms with E-state index < -0.39 is 0 Å². The van der Waals surface area contributed by atoms with Crippen molar-refractivity contribution in [2.75, 3.05) is 13.1 Å². The molecule has 0 radical (unpaired) electrons. The molecule has 1 fully saturated rings. The lowest BCUT2D eigenvalue weighted by Crippen LogP contribution is -2.31. The van der Waals surface area contributed by atoms with Crippen LogP contribution in [0.5, 0.6) is 0 Å². The molecule has 1 aliphatic rings. The van der Waals surface area contributed by atoms with Crippen molar-refractivity contribution in [3.05, 3.63) is 18.0 Å². The minimum absolute atomic E-state index is 0.567. The van der Waals surface area contributed by atoms with Crippen molar-refractivity contribution in [2.24, 2.45) is 0 Å². The van der Waals surface area contributed by atoms with Crippen LogP contribution in [0.1, 0.15) is 65.0 Å². The fraction of sp³-hybridized carbons (Fsp3) is 0.800. The van der Waals surface area contributed by atoms with Crippen molar-refractivity contribution < 1.29 is 0 Å². The molecule has 1 saturated heterocycles. The Kier molecular flexibility index (Phi) is 7.02. The van der Waals surface area contributed by atoms with E-state index in [0.717, 1.165) is 6.04 Å². The Bertz CT molecular complexity index is 283. The van der Waals surface area contributed by atoms with Crippen LogP contribution in [0.3, 0.4) is 0 Å². The highest BCUT2D eigenvalue weighted by atomic mass is 15.1. The Morgan fingerprint density at radius 2 is 1.67 bits per heavy atom. The van der Waals surface area contributed by atoms with E-state index in [1.165, 1.54) is 44.5 Å². The highest BCUT2D eigenvalue weighted by molar-refractivity contribution is 5.01. The molecule has 0 aromatic carbocycles. The maximum atomic E-state index is 3.82. The van der Waals surface area contributed by atoms with E-state index in [0.29, 0.717) is 5.92 Å². The van der Waals surface area contributed by atoms with E-state index in [9.17, 15) is 0 Å². The van der Waals surface area contributed by atoms with Crippen LogP contribution in [0, 0.1) is 0 Å². The molecule has 1 aromatic heterocycles. The zero-order chi connectivity index (χ0) is 13.4. The first kappa shape index (κ1) is 15.2. The summed E-state index contributed by atoms with van der Waals surface area (Å²) in [6, 6.07) is 2.75. The maximum absolute atomic E-state index is 3.82. The van der Waals surface area contributed by atoms with Gasteiger partial charge in [-0.3, -0.25) is 5.10 Å². The van der Waals surface area contributed by atoms with E-state index in [-0.39, 0.29) is 0 Å². The van der Waals surface area contributed by atoms with Crippen molar-refractivity contribution in [1.29, 1.82) is 0 Å². The van der Waals surface area contributed by atoms with Crippen molar-refractivity contribution in [3.63, 3.8) is 0 Å². The second-order valence-electron chi connectivity index (χ2n) is 5.71. The second kappa shape index (κ2) is 8.30. The van der Waals surface area contributed by atoms with Gasteiger partial charge >= 0.3 is 0 Å². The Balaban J connectivity index is 0.000000184. The van der Waals surface area contributed by atoms with E-state index in [1.807, 2.05) is 6.07 Å². The standard InChI is InChI=1S/C9H19N.C6H10N2/c1-9(2)10-7-5-3-4-6-8-10;1-5(2)6-3-4-7-8-6/h9H,3-8H2,1-2H3;3-5H,1-2H3,(H,7,8). The summed E-state index contributed by atoms with van der Waals surface area (Å²) in [7, 11) is 0. The van der Waals surface area contributed by atoms with Crippen LogP contribution in [0.4, 0.5) is 0 Å². The summed E-state index contributed by atoms with van der Waals surface area (Å²) >= 11 is 0. The molecule has 0 aliphatic carbocycles. The van der Waals surface area contributed by atoms with Gasteiger partial charge in [-0.15, -0.1) is 0 Å². The van der Waals surface area contributed by atoms with Crippen LogP contribution < -0.4 is 0 Å². The van der Waals surface area contributed by atoms with Crippen molar-refractivity contribution >= 4 is 0 Å². The number of nitrogens with zero attached hydrogens (tertiary/aromatic N) is 2. The number of H-pyrrole nitrogens is 1. The zero-order valence-corrected chi connectivity index (χ0v) is 12.4. The maximum Gasteiger partial charge on any atom is 0.0490 e. The molecular formula is C15H29N3. The minimum atomic E-state index is 0.567. The van der Waals surface area contributed by atoms with Gasteiger partial charge in [0.15, 0.2) is 0 Å². The predicted octanol–water partition coefficient (Wildman–Crippen LogP) is 3.80.